The Morgan fingerprint density at radius 2 is 2.06 bits per heavy atom. The third kappa shape index (κ3) is 2.17. The van der Waals surface area contributed by atoms with Gasteiger partial charge in [-0.2, -0.15) is 0 Å². The molecule has 0 aliphatic rings. The van der Waals surface area contributed by atoms with Crippen molar-refractivity contribution in [2.75, 3.05) is 14.1 Å². The molecule has 0 bridgehead atoms. The van der Waals surface area contributed by atoms with Crippen molar-refractivity contribution >= 4 is 32.7 Å². The van der Waals surface area contributed by atoms with Gasteiger partial charge in [0.2, 0.25) is 0 Å². The SMILES string of the molecule is Cc1cc(C(=O)N(C)C)c2c(Br)cccc2n1. The number of nitrogens with zero attached hydrogens (tertiary/aromatic N) is 2. The second kappa shape index (κ2) is 4.45. The van der Waals surface area contributed by atoms with Gasteiger partial charge >= 0.3 is 0 Å². The van der Waals surface area contributed by atoms with Crippen molar-refractivity contribution in [2.24, 2.45) is 0 Å². The van der Waals surface area contributed by atoms with Gasteiger partial charge in [0.15, 0.2) is 0 Å². The predicted molar refractivity (Wildman–Crippen MR) is 72.2 cm³/mol. The molecule has 0 fully saturated rings. The third-order valence-corrected chi connectivity index (χ3v) is 3.21. The second-order valence-corrected chi connectivity index (χ2v) is 5.00. The van der Waals surface area contributed by atoms with Crippen molar-refractivity contribution < 1.29 is 4.79 Å². The van der Waals surface area contributed by atoms with Crippen LogP contribution in [0.4, 0.5) is 0 Å². The van der Waals surface area contributed by atoms with Crippen LogP contribution >= 0.6 is 15.9 Å². The molecule has 0 N–H and O–H groups in total. The summed E-state index contributed by atoms with van der Waals surface area (Å²) in [6.45, 7) is 1.90. The first-order valence-corrected chi connectivity index (χ1v) is 6.07. The van der Waals surface area contributed by atoms with E-state index in [1.807, 2.05) is 31.2 Å². The average molecular weight is 293 g/mol. The van der Waals surface area contributed by atoms with Crippen molar-refractivity contribution in [3.05, 3.63) is 40.0 Å². The number of halogens is 1. The number of carbonyl (C=O) groups is 1. The highest BCUT2D eigenvalue weighted by Gasteiger charge is 2.15. The molecular formula is C13H13BrN2O. The topological polar surface area (TPSA) is 33.2 Å². The fourth-order valence-corrected chi connectivity index (χ4v) is 2.35. The van der Waals surface area contributed by atoms with Crippen molar-refractivity contribution in [3.8, 4) is 0 Å². The lowest BCUT2D eigenvalue weighted by atomic mass is 10.1. The van der Waals surface area contributed by atoms with Crippen LogP contribution in [0.5, 0.6) is 0 Å². The standard InChI is InChI=1S/C13H13BrN2O/c1-8-7-9(13(17)16(2)3)12-10(14)5-4-6-11(12)15-8/h4-7H,1-3H3. The summed E-state index contributed by atoms with van der Waals surface area (Å²) >= 11 is 3.48. The van der Waals surface area contributed by atoms with Crippen molar-refractivity contribution in [1.82, 2.24) is 9.88 Å². The monoisotopic (exact) mass is 292 g/mol. The van der Waals surface area contributed by atoms with Crippen LogP contribution < -0.4 is 0 Å². The van der Waals surface area contributed by atoms with E-state index in [0.29, 0.717) is 5.56 Å². The maximum Gasteiger partial charge on any atom is 0.254 e. The fourth-order valence-electron chi connectivity index (χ4n) is 1.79. The summed E-state index contributed by atoms with van der Waals surface area (Å²) in [5.74, 6) is -0.00704. The molecule has 0 aliphatic heterocycles. The molecule has 88 valence electrons. The Morgan fingerprint density at radius 1 is 1.35 bits per heavy atom. The summed E-state index contributed by atoms with van der Waals surface area (Å²) < 4.78 is 0.896. The molecule has 4 heteroatoms. The van der Waals surface area contributed by atoms with Crippen LogP contribution in [0, 0.1) is 6.92 Å². The van der Waals surface area contributed by atoms with Crippen LogP contribution in [0.2, 0.25) is 0 Å². The Hall–Kier alpha value is -1.42. The largest absolute Gasteiger partial charge is 0.345 e. The van der Waals surface area contributed by atoms with Gasteiger partial charge in [0.05, 0.1) is 11.1 Å². The molecule has 2 aromatic rings. The Balaban J connectivity index is 2.81. The van der Waals surface area contributed by atoms with Crippen molar-refractivity contribution in [3.63, 3.8) is 0 Å². The van der Waals surface area contributed by atoms with E-state index < -0.39 is 0 Å². The van der Waals surface area contributed by atoms with Crippen LogP contribution in [0.25, 0.3) is 10.9 Å². The minimum Gasteiger partial charge on any atom is -0.345 e. The summed E-state index contributed by atoms with van der Waals surface area (Å²) in [6.07, 6.45) is 0. The van der Waals surface area contributed by atoms with Gasteiger partial charge in [0.1, 0.15) is 0 Å². The van der Waals surface area contributed by atoms with Gasteiger partial charge < -0.3 is 4.90 Å². The van der Waals surface area contributed by atoms with Gasteiger partial charge in [0.25, 0.3) is 5.91 Å². The second-order valence-electron chi connectivity index (χ2n) is 4.14. The zero-order valence-electron chi connectivity index (χ0n) is 9.99. The highest BCUT2D eigenvalue weighted by atomic mass is 79.9. The molecule has 3 nitrogen and oxygen atoms in total. The maximum absolute atomic E-state index is 12.1. The Morgan fingerprint density at radius 3 is 2.71 bits per heavy atom. The molecule has 1 aromatic carbocycles. The Bertz CT molecular complexity index is 593. The van der Waals surface area contributed by atoms with Gasteiger partial charge in [-0.1, -0.05) is 22.0 Å². The van der Waals surface area contributed by atoms with E-state index in [-0.39, 0.29) is 5.91 Å². The molecule has 0 spiro atoms. The zero-order valence-corrected chi connectivity index (χ0v) is 11.6. The molecule has 1 aromatic heterocycles. The van der Waals surface area contributed by atoms with Crippen molar-refractivity contribution in [1.29, 1.82) is 0 Å². The fraction of sp³-hybridized carbons (Fsp3) is 0.231. The smallest absolute Gasteiger partial charge is 0.254 e. The first kappa shape index (κ1) is 12.0. The minimum atomic E-state index is -0.00704. The van der Waals surface area contributed by atoms with E-state index in [1.54, 1.807) is 19.0 Å². The van der Waals surface area contributed by atoms with Crippen LogP contribution in [0.15, 0.2) is 28.7 Å². The number of rotatable bonds is 1. The quantitative estimate of drug-likeness (QED) is 0.809. The number of aromatic nitrogens is 1. The highest BCUT2D eigenvalue weighted by molar-refractivity contribution is 9.10. The molecule has 0 unspecified atom stereocenters. The summed E-state index contributed by atoms with van der Waals surface area (Å²) in [5.41, 5.74) is 2.37. The molecule has 0 atom stereocenters. The zero-order chi connectivity index (χ0) is 12.6. The number of amides is 1. The molecule has 2 rings (SSSR count). The lowest BCUT2D eigenvalue weighted by Gasteiger charge is -2.13. The van der Waals surface area contributed by atoms with Gasteiger partial charge in [-0.15, -0.1) is 0 Å². The maximum atomic E-state index is 12.1. The van der Waals surface area contributed by atoms with E-state index in [9.17, 15) is 4.79 Å². The van der Waals surface area contributed by atoms with Gasteiger partial charge in [0, 0.05) is 29.6 Å². The van der Waals surface area contributed by atoms with E-state index in [4.69, 9.17) is 0 Å². The molecular weight excluding hydrogens is 280 g/mol. The van der Waals surface area contributed by atoms with Gasteiger partial charge in [-0.05, 0) is 25.1 Å². The molecule has 17 heavy (non-hydrogen) atoms. The Labute approximate surface area is 109 Å². The number of hydrogen-bond acceptors (Lipinski definition) is 2. The summed E-state index contributed by atoms with van der Waals surface area (Å²) in [7, 11) is 3.50. The van der Waals surface area contributed by atoms with Crippen LogP contribution in [-0.4, -0.2) is 29.9 Å². The number of benzene rings is 1. The first-order chi connectivity index (χ1) is 8.00. The molecule has 1 amide bonds. The summed E-state index contributed by atoms with van der Waals surface area (Å²) in [4.78, 5) is 18.2. The number of aryl methyl sites for hydroxylation is 1. The number of hydrogen-bond donors (Lipinski definition) is 0. The third-order valence-electron chi connectivity index (χ3n) is 2.55. The normalized spacial score (nSPS) is 10.6. The molecule has 0 saturated heterocycles. The summed E-state index contributed by atoms with van der Waals surface area (Å²) in [5, 5.41) is 0.872. The average Bonchev–Trinajstić information content (AvgIpc) is 2.26. The van der Waals surface area contributed by atoms with Crippen LogP contribution in [-0.2, 0) is 0 Å². The van der Waals surface area contributed by atoms with E-state index in [0.717, 1.165) is 21.1 Å². The lowest BCUT2D eigenvalue weighted by molar-refractivity contribution is 0.0829. The molecule has 1 heterocycles. The van der Waals surface area contributed by atoms with E-state index >= 15 is 0 Å². The van der Waals surface area contributed by atoms with Crippen LogP contribution in [0.1, 0.15) is 16.1 Å². The molecule has 0 aliphatic carbocycles. The number of fused-ring (bicyclic) bond motifs is 1. The minimum absolute atomic E-state index is 0.00704. The predicted octanol–water partition coefficient (Wildman–Crippen LogP) is 3.01. The molecule has 0 saturated carbocycles. The number of pyridine rings is 1. The molecule has 0 radical (unpaired) electrons. The van der Waals surface area contributed by atoms with Crippen LogP contribution in [0.3, 0.4) is 0 Å². The first-order valence-electron chi connectivity index (χ1n) is 5.28. The van der Waals surface area contributed by atoms with E-state index in [2.05, 4.69) is 20.9 Å². The number of carbonyl (C=O) groups excluding carboxylic acids is 1. The van der Waals surface area contributed by atoms with Gasteiger partial charge in [-0.3, -0.25) is 9.78 Å². The van der Waals surface area contributed by atoms with Crippen molar-refractivity contribution in [2.45, 2.75) is 6.92 Å². The van der Waals surface area contributed by atoms with E-state index in [1.165, 1.54) is 0 Å². The van der Waals surface area contributed by atoms with Gasteiger partial charge in [-0.25, -0.2) is 0 Å². The Kier molecular flexibility index (Phi) is 3.15. The highest BCUT2D eigenvalue weighted by Crippen LogP contribution is 2.27. The lowest BCUT2D eigenvalue weighted by Crippen LogP contribution is -2.22. The summed E-state index contributed by atoms with van der Waals surface area (Å²) in [6, 6.07) is 7.59.